The van der Waals surface area contributed by atoms with Crippen LogP contribution < -0.4 is 10.5 Å². The van der Waals surface area contributed by atoms with E-state index in [0.717, 1.165) is 5.01 Å². The molecule has 1 heterocycles. The molecule has 0 aliphatic rings. The van der Waals surface area contributed by atoms with Gasteiger partial charge in [-0.25, -0.2) is 18.5 Å². The zero-order valence-electron chi connectivity index (χ0n) is 9.75. The fraction of sp³-hybridized carbons (Fsp3) is 0.182. The summed E-state index contributed by atoms with van der Waals surface area (Å²) in [5.41, 5.74) is 1.34. The predicted molar refractivity (Wildman–Crippen MR) is 72.0 cm³/mol. The number of anilines is 1. The standard InChI is InChI=1S/C11H13N3O2S2/c1-8-2-3-9(6-10(8)18(12,15)16)14-7-11-13-4-5-17-11/h2-6,14H,7H2,1H3,(H2,12,15,16). The Morgan fingerprint density at radius 1 is 1.44 bits per heavy atom. The van der Waals surface area contributed by atoms with E-state index < -0.39 is 10.0 Å². The third kappa shape index (κ3) is 3.06. The highest BCUT2D eigenvalue weighted by molar-refractivity contribution is 7.89. The Morgan fingerprint density at radius 2 is 2.22 bits per heavy atom. The zero-order valence-corrected chi connectivity index (χ0v) is 11.4. The van der Waals surface area contributed by atoms with Gasteiger partial charge >= 0.3 is 0 Å². The zero-order chi connectivity index (χ0) is 13.2. The molecule has 0 fully saturated rings. The summed E-state index contributed by atoms with van der Waals surface area (Å²) in [6.07, 6.45) is 1.73. The average Bonchev–Trinajstić information content (AvgIpc) is 2.79. The molecule has 0 atom stereocenters. The van der Waals surface area contributed by atoms with Crippen LogP contribution in [0.25, 0.3) is 0 Å². The molecule has 0 spiro atoms. The number of rotatable bonds is 4. The van der Waals surface area contributed by atoms with Gasteiger partial charge in [0.1, 0.15) is 5.01 Å². The molecule has 7 heteroatoms. The summed E-state index contributed by atoms with van der Waals surface area (Å²) in [5, 5.41) is 11.1. The van der Waals surface area contributed by atoms with E-state index in [0.29, 0.717) is 17.8 Å². The molecule has 0 radical (unpaired) electrons. The van der Waals surface area contributed by atoms with Gasteiger partial charge in [0.25, 0.3) is 0 Å². The van der Waals surface area contributed by atoms with Gasteiger partial charge in [-0.05, 0) is 24.6 Å². The lowest BCUT2D eigenvalue weighted by Gasteiger charge is -2.08. The van der Waals surface area contributed by atoms with E-state index in [1.54, 1.807) is 19.2 Å². The first kappa shape index (κ1) is 13.0. The summed E-state index contributed by atoms with van der Waals surface area (Å²) < 4.78 is 22.8. The third-order valence-electron chi connectivity index (χ3n) is 2.42. The predicted octanol–water partition coefficient (Wildman–Crippen LogP) is 1.71. The van der Waals surface area contributed by atoms with Crippen molar-refractivity contribution in [2.75, 3.05) is 5.32 Å². The first-order chi connectivity index (χ1) is 8.47. The molecular formula is C11H13N3O2S2. The van der Waals surface area contributed by atoms with Crippen molar-refractivity contribution in [1.29, 1.82) is 0 Å². The van der Waals surface area contributed by atoms with Gasteiger partial charge in [-0.15, -0.1) is 11.3 Å². The number of hydrogen-bond donors (Lipinski definition) is 2. The number of aromatic nitrogens is 1. The number of thiazole rings is 1. The van der Waals surface area contributed by atoms with E-state index >= 15 is 0 Å². The molecule has 18 heavy (non-hydrogen) atoms. The van der Waals surface area contributed by atoms with Gasteiger partial charge in [0, 0.05) is 17.3 Å². The number of primary sulfonamides is 1. The fourth-order valence-electron chi connectivity index (χ4n) is 1.53. The molecule has 1 aromatic carbocycles. The van der Waals surface area contributed by atoms with Crippen LogP contribution in [-0.2, 0) is 16.6 Å². The molecular weight excluding hydrogens is 270 g/mol. The maximum absolute atomic E-state index is 11.4. The largest absolute Gasteiger partial charge is 0.378 e. The molecule has 2 rings (SSSR count). The first-order valence-corrected chi connectivity index (χ1v) is 7.65. The van der Waals surface area contributed by atoms with E-state index in [9.17, 15) is 8.42 Å². The van der Waals surface area contributed by atoms with Gasteiger partial charge in [-0.1, -0.05) is 6.07 Å². The molecule has 0 aliphatic carbocycles. The smallest absolute Gasteiger partial charge is 0.238 e. The number of nitrogens with zero attached hydrogens (tertiary/aromatic N) is 1. The van der Waals surface area contributed by atoms with E-state index in [4.69, 9.17) is 5.14 Å². The van der Waals surface area contributed by atoms with Crippen LogP contribution in [0.1, 0.15) is 10.6 Å². The van der Waals surface area contributed by atoms with Crippen molar-refractivity contribution in [3.8, 4) is 0 Å². The van der Waals surface area contributed by atoms with Crippen molar-refractivity contribution in [2.24, 2.45) is 5.14 Å². The molecule has 1 aromatic heterocycles. The lowest BCUT2D eigenvalue weighted by Crippen LogP contribution is -2.14. The maximum Gasteiger partial charge on any atom is 0.238 e. The molecule has 2 aromatic rings. The topological polar surface area (TPSA) is 85.1 Å². The number of aryl methyl sites for hydroxylation is 1. The normalized spacial score (nSPS) is 11.4. The Kier molecular flexibility index (Phi) is 3.65. The second-order valence-corrected chi connectivity index (χ2v) is 6.31. The molecule has 3 N–H and O–H groups in total. The molecule has 0 bridgehead atoms. The summed E-state index contributed by atoms with van der Waals surface area (Å²) in [5.74, 6) is 0. The minimum atomic E-state index is -3.68. The van der Waals surface area contributed by atoms with Crippen LogP contribution in [0.15, 0.2) is 34.7 Å². The van der Waals surface area contributed by atoms with E-state index in [1.807, 2.05) is 11.4 Å². The molecule has 0 amide bonds. The van der Waals surface area contributed by atoms with Crippen molar-refractivity contribution in [3.05, 3.63) is 40.3 Å². The summed E-state index contributed by atoms with van der Waals surface area (Å²) in [6, 6.07) is 5.08. The second kappa shape index (κ2) is 5.05. The van der Waals surface area contributed by atoms with Gasteiger partial charge in [-0.2, -0.15) is 0 Å². The first-order valence-electron chi connectivity index (χ1n) is 5.22. The minimum Gasteiger partial charge on any atom is -0.378 e. The molecule has 0 aliphatic heterocycles. The SMILES string of the molecule is Cc1ccc(NCc2nccs2)cc1S(N)(=O)=O. The summed E-state index contributed by atoms with van der Waals surface area (Å²) in [6.45, 7) is 2.27. The highest BCUT2D eigenvalue weighted by Crippen LogP contribution is 2.19. The summed E-state index contributed by atoms with van der Waals surface area (Å²) in [4.78, 5) is 4.28. The average molecular weight is 283 g/mol. The van der Waals surface area contributed by atoms with Gasteiger partial charge in [0.05, 0.1) is 11.4 Å². The summed E-state index contributed by atoms with van der Waals surface area (Å²) >= 11 is 1.54. The van der Waals surface area contributed by atoms with Gasteiger partial charge in [-0.3, -0.25) is 0 Å². The van der Waals surface area contributed by atoms with E-state index in [-0.39, 0.29) is 4.90 Å². The molecule has 5 nitrogen and oxygen atoms in total. The van der Waals surface area contributed by atoms with E-state index in [1.165, 1.54) is 17.4 Å². The second-order valence-electron chi connectivity index (χ2n) is 3.80. The molecule has 96 valence electrons. The van der Waals surface area contributed by atoms with Crippen molar-refractivity contribution >= 4 is 27.0 Å². The van der Waals surface area contributed by atoms with Crippen LogP contribution in [0.4, 0.5) is 5.69 Å². The lowest BCUT2D eigenvalue weighted by atomic mass is 10.2. The van der Waals surface area contributed by atoms with Crippen LogP contribution >= 0.6 is 11.3 Å². The maximum atomic E-state index is 11.4. The van der Waals surface area contributed by atoms with Crippen LogP contribution in [0.2, 0.25) is 0 Å². The fourth-order valence-corrected chi connectivity index (χ4v) is 2.90. The van der Waals surface area contributed by atoms with Crippen LogP contribution in [0, 0.1) is 6.92 Å². The number of benzene rings is 1. The highest BCUT2D eigenvalue weighted by Gasteiger charge is 2.11. The lowest BCUT2D eigenvalue weighted by molar-refractivity contribution is 0.597. The van der Waals surface area contributed by atoms with Gasteiger partial charge in [0.15, 0.2) is 0 Å². The van der Waals surface area contributed by atoms with Gasteiger partial charge < -0.3 is 5.32 Å². The van der Waals surface area contributed by atoms with Gasteiger partial charge in [0.2, 0.25) is 10.0 Å². The molecule has 0 saturated carbocycles. The van der Waals surface area contributed by atoms with Crippen LogP contribution in [0.3, 0.4) is 0 Å². The monoisotopic (exact) mass is 283 g/mol. The Balaban J connectivity index is 2.20. The Bertz CT molecular complexity index is 636. The molecule has 0 saturated heterocycles. The number of hydrogen-bond acceptors (Lipinski definition) is 5. The number of sulfonamides is 1. The Labute approximate surface area is 110 Å². The third-order valence-corrected chi connectivity index (χ3v) is 4.25. The Morgan fingerprint density at radius 3 is 2.83 bits per heavy atom. The Hall–Kier alpha value is -1.44. The number of nitrogens with one attached hydrogen (secondary N) is 1. The van der Waals surface area contributed by atoms with Crippen molar-refractivity contribution in [3.63, 3.8) is 0 Å². The summed E-state index contributed by atoms with van der Waals surface area (Å²) in [7, 11) is -3.68. The van der Waals surface area contributed by atoms with Crippen LogP contribution in [-0.4, -0.2) is 13.4 Å². The van der Waals surface area contributed by atoms with Crippen molar-refractivity contribution < 1.29 is 8.42 Å². The minimum absolute atomic E-state index is 0.145. The van der Waals surface area contributed by atoms with Crippen LogP contribution in [0.5, 0.6) is 0 Å². The number of nitrogens with two attached hydrogens (primary N) is 1. The van der Waals surface area contributed by atoms with Crippen molar-refractivity contribution in [2.45, 2.75) is 18.4 Å². The quantitative estimate of drug-likeness (QED) is 0.894. The highest BCUT2D eigenvalue weighted by atomic mass is 32.2. The van der Waals surface area contributed by atoms with E-state index in [2.05, 4.69) is 10.3 Å². The van der Waals surface area contributed by atoms with Crippen molar-refractivity contribution in [1.82, 2.24) is 4.98 Å². The molecule has 0 unspecified atom stereocenters.